The topological polar surface area (TPSA) is 89.0 Å². The second-order valence-electron chi connectivity index (χ2n) is 1.88. The highest BCUT2D eigenvalue weighted by Crippen LogP contribution is 2.07. The maximum Gasteiger partial charge on any atom is 0.128 e. The number of furan rings is 1. The van der Waals surface area contributed by atoms with Gasteiger partial charge in [0.2, 0.25) is 0 Å². The molecule has 0 radical (unpaired) electrons. The number of hydrogen-bond donors (Lipinski definition) is 3. The molecular formula is C6H9N3O. The molecule has 5 N–H and O–H groups in total. The molecule has 4 nitrogen and oxygen atoms in total. The zero-order chi connectivity index (χ0) is 7.56. The molecule has 0 unspecified atom stereocenters. The molecule has 1 rings (SSSR count). The molecule has 0 aromatic carbocycles. The Morgan fingerprint density at radius 2 is 2.40 bits per heavy atom. The van der Waals surface area contributed by atoms with Gasteiger partial charge in [0, 0.05) is 0 Å². The van der Waals surface area contributed by atoms with Gasteiger partial charge >= 0.3 is 0 Å². The molecule has 0 atom stereocenters. The minimum Gasteiger partial charge on any atom is -0.467 e. The zero-order valence-electron chi connectivity index (χ0n) is 5.42. The standard InChI is InChI=1S/C6H9N3O/c7-3-5-4(6(8)9)1-2-10-5/h1-2H,3,7H2,(H3,8,9). The molecule has 0 saturated carbocycles. The van der Waals surface area contributed by atoms with Crippen LogP contribution < -0.4 is 11.5 Å². The number of hydrogen-bond acceptors (Lipinski definition) is 3. The summed E-state index contributed by atoms with van der Waals surface area (Å²) >= 11 is 0. The lowest BCUT2D eigenvalue weighted by Gasteiger charge is -1.94. The summed E-state index contributed by atoms with van der Waals surface area (Å²) in [5.41, 5.74) is 11.1. The van der Waals surface area contributed by atoms with E-state index in [2.05, 4.69) is 0 Å². The van der Waals surface area contributed by atoms with Crippen molar-refractivity contribution >= 4 is 5.84 Å². The number of rotatable bonds is 2. The zero-order valence-corrected chi connectivity index (χ0v) is 5.42. The van der Waals surface area contributed by atoms with E-state index in [0.29, 0.717) is 11.3 Å². The van der Waals surface area contributed by atoms with Gasteiger partial charge in [-0.05, 0) is 6.07 Å². The first-order chi connectivity index (χ1) is 4.75. The van der Waals surface area contributed by atoms with Gasteiger partial charge < -0.3 is 15.9 Å². The Morgan fingerprint density at radius 1 is 1.70 bits per heavy atom. The summed E-state index contributed by atoms with van der Waals surface area (Å²) in [6.45, 7) is 0.280. The first-order valence-corrected chi connectivity index (χ1v) is 2.86. The van der Waals surface area contributed by atoms with E-state index in [9.17, 15) is 0 Å². The summed E-state index contributed by atoms with van der Waals surface area (Å²) < 4.78 is 4.93. The van der Waals surface area contributed by atoms with Gasteiger partial charge in [-0.3, -0.25) is 5.41 Å². The molecule has 1 aromatic rings. The fourth-order valence-electron chi connectivity index (χ4n) is 0.739. The van der Waals surface area contributed by atoms with Crippen molar-refractivity contribution in [3.8, 4) is 0 Å². The van der Waals surface area contributed by atoms with Crippen molar-refractivity contribution < 1.29 is 4.42 Å². The minimum absolute atomic E-state index is 0.00537. The lowest BCUT2D eigenvalue weighted by Crippen LogP contribution is -2.13. The van der Waals surface area contributed by atoms with E-state index >= 15 is 0 Å². The Balaban J connectivity index is 3.01. The predicted octanol–water partition coefficient (Wildman–Crippen LogP) is 0.0224. The highest BCUT2D eigenvalue weighted by atomic mass is 16.3. The van der Waals surface area contributed by atoms with Crippen molar-refractivity contribution in [1.82, 2.24) is 0 Å². The van der Waals surface area contributed by atoms with Crippen LogP contribution >= 0.6 is 0 Å². The Labute approximate surface area is 58.3 Å². The average Bonchev–Trinajstić information content (AvgIpc) is 2.33. The number of nitrogens with one attached hydrogen (secondary N) is 1. The first kappa shape index (κ1) is 6.82. The molecular weight excluding hydrogens is 130 g/mol. The Morgan fingerprint density at radius 3 is 2.80 bits per heavy atom. The highest BCUT2D eigenvalue weighted by molar-refractivity contribution is 5.95. The molecule has 0 bridgehead atoms. The van der Waals surface area contributed by atoms with Crippen LogP contribution in [0.4, 0.5) is 0 Å². The SMILES string of the molecule is N=C(N)c1ccoc1CN. The average molecular weight is 139 g/mol. The number of nitrogen functional groups attached to an aromatic ring is 1. The van der Waals surface area contributed by atoms with Gasteiger partial charge in [-0.15, -0.1) is 0 Å². The summed E-state index contributed by atoms with van der Waals surface area (Å²) in [5, 5.41) is 7.06. The van der Waals surface area contributed by atoms with Crippen molar-refractivity contribution in [2.75, 3.05) is 0 Å². The van der Waals surface area contributed by atoms with Crippen molar-refractivity contribution in [3.63, 3.8) is 0 Å². The van der Waals surface area contributed by atoms with Crippen molar-refractivity contribution in [2.24, 2.45) is 11.5 Å². The molecule has 0 spiro atoms. The van der Waals surface area contributed by atoms with Gasteiger partial charge in [0.05, 0.1) is 18.4 Å². The van der Waals surface area contributed by atoms with Gasteiger partial charge in [-0.2, -0.15) is 0 Å². The maximum absolute atomic E-state index is 7.06. The summed E-state index contributed by atoms with van der Waals surface area (Å²) in [6.07, 6.45) is 1.47. The summed E-state index contributed by atoms with van der Waals surface area (Å²) in [4.78, 5) is 0. The third kappa shape index (κ3) is 1.01. The molecule has 0 amide bonds. The number of nitrogens with two attached hydrogens (primary N) is 2. The van der Waals surface area contributed by atoms with Gasteiger partial charge in [0.1, 0.15) is 11.6 Å². The van der Waals surface area contributed by atoms with Crippen LogP contribution in [-0.4, -0.2) is 5.84 Å². The van der Waals surface area contributed by atoms with E-state index in [1.807, 2.05) is 0 Å². The van der Waals surface area contributed by atoms with E-state index in [1.165, 1.54) is 6.26 Å². The van der Waals surface area contributed by atoms with E-state index < -0.39 is 0 Å². The lowest BCUT2D eigenvalue weighted by atomic mass is 10.2. The van der Waals surface area contributed by atoms with Crippen LogP contribution in [0.2, 0.25) is 0 Å². The smallest absolute Gasteiger partial charge is 0.128 e. The van der Waals surface area contributed by atoms with Crippen LogP contribution in [0, 0.1) is 5.41 Å². The van der Waals surface area contributed by atoms with E-state index in [0.717, 1.165) is 0 Å². The Bertz CT molecular complexity index is 241. The molecule has 0 aliphatic heterocycles. The third-order valence-corrected chi connectivity index (χ3v) is 1.22. The van der Waals surface area contributed by atoms with Gasteiger partial charge in [-0.25, -0.2) is 0 Å². The molecule has 0 aliphatic carbocycles. The van der Waals surface area contributed by atoms with Crippen LogP contribution in [0.1, 0.15) is 11.3 Å². The molecule has 0 fully saturated rings. The lowest BCUT2D eigenvalue weighted by molar-refractivity contribution is 0.511. The van der Waals surface area contributed by atoms with Crippen LogP contribution in [0.25, 0.3) is 0 Å². The van der Waals surface area contributed by atoms with Crippen molar-refractivity contribution in [1.29, 1.82) is 5.41 Å². The Kier molecular flexibility index (Phi) is 1.73. The highest BCUT2D eigenvalue weighted by Gasteiger charge is 2.05. The second kappa shape index (κ2) is 2.53. The van der Waals surface area contributed by atoms with Gasteiger partial charge in [0.25, 0.3) is 0 Å². The summed E-state index contributed by atoms with van der Waals surface area (Å²) in [5.74, 6) is 0.557. The first-order valence-electron chi connectivity index (χ1n) is 2.86. The monoisotopic (exact) mass is 139 g/mol. The van der Waals surface area contributed by atoms with Crippen LogP contribution in [0.3, 0.4) is 0 Å². The van der Waals surface area contributed by atoms with E-state index in [1.54, 1.807) is 6.07 Å². The maximum atomic E-state index is 7.06. The molecule has 4 heteroatoms. The Hall–Kier alpha value is -1.29. The van der Waals surface area contributed by atoms with Crippen molar-refractivity contribution in [2.45, 2.75) is 6.54 Å². The van der Waals surface area contributed by atoms with E-state index in [-0.39, 0.29) is 12.4 Å². The van der Waals surface area contributed by atoms with Crippen LogP contribution in [-0.2, 0) is 6.54 Å². The number of amidine groups is 1. The van der Waals surface area contributed by atoms with Crippen LogP contribution in [0.15, 0.2) is 16.7 Å². The minimum atomic E-state index is -0.00537. The van der Waals surface area contributed by atoms with Gasteiger partial charge in [0.15, 0.2) is 0 Å². The molecule has 1 aromatic heterocycles. The summed E-state index contributed by atoms with van der Waals surface area (Å²) in [6, 6.07) is 1.63. The van der Waals surface area contributed by atoms with Crippen molar-refractivity contribution in [3.05, 3.63) is 23.7 Å². The quantitative estimate of drug-likeness (QED) is 0.398. The molecule has 10 heavy (non-hydrogen) atoms. The fourth-order valence-corrected chi connectivity index (χ4v) is 0.739. The fraction of sp³-hybridized carbons (Fsp3) is 0.167. The normalized spacial score (nSPS) is 9.70. The molecule has 0 aliphatic rings. The molecule has 0 saturated heterocycles. The second-order valence-corrected chi connectivity index (χ2v) is 1.88. The molecule has 54 valence electrons. The van der Waals surface area contributed by atoms with E-state index in [4.69, 9.17) is 21.3 Å². The molecule has 1 heterocycles. The van der Waals surface area contributed by atoms with Gasteiger partial charge in [-0.1, -0.05) is 0 Å². The van der Waals surface area contributed by atoms with Crippen LogP contribution in [0.5, 0.6) is 0 Å². The third-order valence-electron chi connectivity index (χ3n) is 1.22. The predicted molar refractivity (Wildman–Crippen MR) is 37.6 cm³/mol. The summed E-state index contributed by atoms with van der Waals surface area (Å²) in [7, 11) is 0. The largest absolute Gasteiger partial charge is 0.467 e.